The van der Waals surface area contributed by atoms with Crippen molar-refractivity contribution in [1.82, 2.24) is 23.2 Å². The molecule has 0 bridgehead atoms. The highest BCUT2D eigenvalue weighted by Crippen LogP contribution is 2.22. The predicted molar refractivity (Wildman–Crippen MR) is 129 cm³/mol. The van der Waals surface area contributed by atoms with E-state index in [1.165, 1.54) is 63.2 Å². The zero-order valence-corrected chi connectivity index (χ0v) is 20.9. The van der Waals surface area contributed by atoms with E-state index in [9.17, 15) is 22.8 Å². The van der Waals surface area contributed by atoms with Crippen LogP contribution in [0.25, 0.3) is 10.9 Å². The van der Waals surface area contributed by atoms with Crippen LogP contribution in [0.5, 0.6) is 0 Å². The molecule has 11 heteroatoms. The van der Waals surface area contributed by atoms with Crippen LogP contribution in [0, 0.1) is 0 Å². The Labute approximate surface area is 199 Å². The molecule has 3 heterocycles. The number of rotatable bonds is 5. The Hall–Kier alpha value is -2.50. The number of aromatic nitrogens is 2. The van der Waals surface area contributed by atoms with E-state index < -0.39 is 21.3 Å². The molecule has 0 spiro atoms. The Kier molecular flexibility index (Phi) is 6.97. The van der Waals surface area contributed by atoms with Gasteiger partial charge in [-0.05, 0) is 57.0 Å². The zero-order valence-electron chi connectivity index (χ0n) is 20.1. The van der Waals surface area contributed by atoms with Gasteiger partial charge in [0, 0.05) is 40.3 Å². The zero-order chi connectivity index (χ0) is 24.6. The molecule has 0 atom stereocenters. The van der Waals surface area contributed by atoms with Gasteiger partial charge in [0.15, 0.2) is 0 Å². The van der Waals surface area contributed by atoms with Crippen molar-refractivity contribution < 1.29 is 13.2 Å². The molecular weight excluding hydrogens is 458 g/mol. The van der Waals surface area contributed by atoms with Crippen molar-refractivity contribution >= 4 is 26.8 Å². The smallest absolute Gasteiger partial charge is 0.330 e. The molecule has 0 N–H and O–H groups in total. The number of amides is 1. The van der Waals surface area contributed by atoms with Crippen LogP contribution in [0.4, 0.5) is 0 Å². The molecule has 1 amide bonds. The first-order valence-corrected chi connectivity index (χ1v) is 13.2. The molecule has 0 saturated carbocycles. The Bertz CT molecular complexity index is 1300. The summed E-state index contributed by atoms with van der Waals surface area (Å²) in [5.41, 5.74) is -0.701. The van der Waals surface area contributed by atoms with Crippen LogP contribution in [0.3, 0.4) is 0 Å². The van der Waals surface area contributed by atoms with Crippen LogP contribution in [0.1, 0.15) is 32.1 Å². The van der Waals surface area contributed by atoms with Crippen LogP contribution in [0.2, 0.25) is 0 Å². The van der Waals surface area contributed by atoms with Crippen LogP contribution >= 0.6 is 0 Å². The maximum atomic E-state index is 13.2. The van der Waals surface area contributed by atoms with Crippen molar-refractivity contribution in [1.29, 1.82) is 0 Å². The van der Waals surface area contributed by atoms with Gasteiger partial charge in [0.1, 0.15) is 0 Å². The van der Waals surface area contributed by atoms with Gasteiger partial charge in [0.25, 0.3) is 5.56 Å². The predicted octanol–water partition coefficient (Wildman–Crippen LogP) is 0.335. The number of aryl methyl sites for hydroxylation is 1. The van der Waals surface area contributed by atoms with Gasteiger partial charge in [-0.25, -0.2) is 13.2 Å². The van der Waals surface area contributed by atoms with Gasteiger partial charge in [0.2, 0.25) is 15.9 Å². The van der Waals surface area contributed by atoms with Crippen molar-refractivity contribution in [2.24, 2.45) is 14.1 Å². The number of hydrogen-bond donors (Lipinski definition) is 0. The van der Waals surface area contributed by atoms with E-state index in [0.29, 0.717) is 24.6 Å². The molecule has 186 valence electrons. The van der Waals surface area contributed by atoms with Crippen LogP contribution in [-0.2, 0) is 28.9 Å². The number of nitrogens with zero attached hydrogens (tertiary/aromatic N) is 5. The third-order valence-corrected chi connectivity index (χ3v) is 9.03. The molecule has 0 radical (unpaired) electrons. The number of carbonyl (C=O) groups excluding carboxylic acids is 1. The summed E-state index contributed by atoms with van der Waals surface area (Å²) < 4.78 is 29.6. The minimum Gasteiger partial charge on any atom is -0.341 e. The Morgan fingerprint density at radius 1 is 1.00 bits per heavy atom. The fraction of sp³-hybridized carbons (Fsp3) is 0.609. The Morgan fingerprint density at radius 2 is 1.65 bits per heavy atom. The summed E-state index contributed by atoms with van der Waals surface area (Å²) in [5, 5.41) is 0.130. The summed E-state index contributed by atoms with van der Waals surface area (Å²) >= 11 is 0. The fourth-order valence-corrected chi connectivity index (χ4v) is 6.20. The molecule has 2 aliphatic heterocycles. The van der Waals surface area contributed by atoms with Gasteiger partial charge in [-0.1, -0.05) is 6.42 Å². The number of benzene rings is 1. The van der Waals surface area contributed by atoms with Crippen LogP contribution in [0.15, 0.2) is 32.7 Å². The molecule has 1 aromatic heterocycles. The second kappa shape index (κ2) is 9.63. The molecule has 34 heavy (non-hydrogen) atoms. The van der Waals surface area contributed by atoms with E-state index in [1.807, 2.05) is 0 Å². The first-order valence-electron chi connectivity index (χ1n) is 11.8. The Balaban J connectivity index is 1.46. The lowest BCUT2D eigenvalue weighted by Crippen LogP contribution is -2.50. The standard InChI is InChI=1S/C23H33N5O5S/c1-24(16-21(29)28-13-9-17(10-14-28)27-11-5-4-6-12-27)34(32,33)18-7-8-20-19(15-18)22(30)26(3)23(31)25(20)2/h7-8,15,17H,4-6,9-14,16H2,1-3H3. The lowest BCUT2D eigenvalue weighted by atomic mass is 10.00. The second-order valence-electron chi connectivity index (χ2n) is 9.35. The molecule has 10 nitrogen and oxygen atoms in total. The van der Waals surface area contributed by atoms with E-state index in [-0.39, 0.29) is 22.7 Å². The topological polar surface area (TPSA) is 105 Å². The average molecular weight is 492 g/mol. The van der Waals surface area contributed by atoms with Crippen molar-refractivity contribution in [2.75, 3.05) is 39.8 Å². The van der Waals surface area contributed by atoms with Gasteiger partial charge in [0.05, 0.1) is 22.3 Å². The maximum absolute atomic E-state index is 13.2. The van der Waals surface area contributed by atoms with Crippen molar-refractivity contribution in [2.45, 2.75) is 43.0 Å². The quantitative estimate of drug-likeness (QED) is 0.597. The third kappa shape index (κ3) is 4.56. The normalized spacial score (nSPS) is 18.6. The van der Waals surface area contributed by atoms with Gasteiger partial charge in [-0.2, -0.15) is 4.31 Å². The van der Waals surface area contributed by atoms with Crippen LogP contribution in [-0.4, -0.2) is 83.4 Å². The summed E-state index contributed by atoms with van der Waals surface area (Å²) in [6.07, 6.45) is 5.58. The number of sulfonamides is 1. The van der Waals surface area contributed by atoms with Crippen molar-refractivity contribution in [3.63, 3.8) is 0 Å². The highest BCUT2D eigenvalue weighted by Gasteiger charge is 2.30. The van der Waals surface area contributed by atoms with E-state index in [1.54, 1.807) is 4.90 Å². The monoisotopic (exact) mass is 491 g/mol. The van der Waals surface area contributed by atoms with E-state index in [0.717, 1.165) is 34.8 Å². The molecule has 2 fully saturated rings. The minimum atomic E-state index is -4.00. The fourth-order valence-electron chi connectivity index (χ4n) is 5.05. The highest BCUT2D eigenvalue weighted by molar-refractivity contribution is 7.89. The number of piperidine rings is 2. The number of carbonyl (C=O) groups is 1. The van der Waals surface area contributed by atoms with Crippen LogP contribution < -0.4 is 11.2 Å². The molecule has 2 aliphatic rings. The average Bonchev–Trinajstić information content (AvgIpc) is 2.86. The van der Waals surface area contributed by atoms with E-state index in [2.05, 4.69) is 4.90 Å². The SMILES string of the molecule is CN(CC(=O)N1CCC(N2CCCCC2)CC1)S(=O)(=O)c1ccc2c(c1)c(=O)n(C)c(=O)n2C. The van der Waals surface area contributed by atoms with E-state index >= 15 is 0 Å². The largest absolute Gasteiger partial charge is 0.341 e. The Morgan fingerprint density at radius 3 is 2.29 bits per heavy atom. The third-order valence-electron chi connectivity index (χ3n) is 7.23. The van der Waals surface area contributed by atoms with Gasteiger partial charge in [-0.15, -0.1) is 0 Å². The summed E-state index contributed by atoms with van der Waals surface area (Å²) in [6.45, 7) is 3.26. The molecular formula is C23H33N5O5S. The second-order valence-corrected chi connectivity index (χ2v) is 11.4. The number of fused-ring (bicyclic) bond motifs is 1. The van der Waals surface area contributed by atoms with Crippen molar-refractivity contribution in [3.05, 3.63) is 39.0 Å². The first-order chi connectivity index (χ1) is 16.1. The lowest BCUT2D eigenvalue weighted by Gasteiger charge is -2.40. The molecule has 4 rings (SSSR count). The molecule has 1 aromatic carbocycles. The van der Waals surface area contributed by atoms with Gasteiger partial charge >= 0.3 is 5.69 Å². The molecule has 2 aromatic rings. The number of likely N-dealkylation sites (tertiary alicyclic amines) is 2. The molecule has 2 saturated heterocycles. The number of hydrogen-bond acceptors (Lipinski definition) is 6. The number of likely N-dealkylation sites (N-methyl/N-ethyl adjacent to an activating group) is 1. The van der Waals surface area contributed by atoms with E-state index in [4.69, 9.17) is 0 Å². The first kappa shape index (κ1) is 24.6. The summed E-state index contributed by atoms with van der Waals surface area (Å²) in [7, 11) is 0.246. The van der Waals surface area contributed by atoms with Crippen molar-refractivity contribution in [3.8, 4) is 0 Å². The van der Waals surface area contributed by atoms with Gasteiger partial charge < -0.3 is 9.80 Å². The minimum absolute atomic E-state index is 0.0881. The summed E-state index contributed by atoms with van der Waals surface area (Å²) in [5.74, 6) is -0.220. The lowest BCUT2D eigenvalue weighted by molar-refractivity contribution is -0.132. The summed E-state index contributed by atoms with van der Waals surface area (Å²) in [4.78, 5) is 41.7. The molecule has 0 unspecified atom stereocenters. The molecule has 0 aliphatic carbocycles. The summed E-state index contributed by atoms with van der Waals surface area (Å²) in [6, 6.07) is 4.59. The maximum Gasteiger partial charge on any atom is 0.330 e. The van der Waals surface area contributed by atoms with Gasteiger partial charge in [-0.3, -0.25) is 18.7 Å². The highest BCUT2D eigenvalue weighted by atomic mass is 32.2.